The van der Waals surface area contributed by atoms with E-state index in [0.717, 1.165) is 21.9 Å². The van der Waals surface area contributed by atoms with Gasteiger partial charge in [0, 0.05) is 5.69 Å². The fraction of sp³-hybridized carbons (Fsp3) is 0.310. The molecule has 2 N–H and O–H groups in total. The Hall–Kier alpha value is -4.38. The molecule has 0 bridgehead atoms. The molecule has 3 rings (SSSR count). The van der Waals surface area contributed by atoms with Crippen molar-refractivity contribution in [1.29, 1.82) is 5.26 Å². The average molecular weight is 501 g/mol. The third-order valence-electron chi connectivity index (χ3n) is 5.74. The lowest BCUT2D eigenvalue weighted by Gasteiger charge is -2.31. The number of nitrogens with zero attached hydrogens (tertiary/aromatic N) is 2. The Bertz CT molecular complexity index is 1330. The van der Waals surface area contributed by atoms with Crippen LogP contribution in [0, 0.1) is 25.2 Å². The van der Waals surface area contributed by atoms with Gasteiger partial charge in [0.15, 0.2) is 0 Å². The lowest BCUT2D eigenvalue weighted by atomic mass is 9.94. The number of alkyl carbamates (subject to hydrolysis) is 1. The Morgan fingerprint density at radius 3 is 2.24 bits per heavy atom. The molecule has 0 heterocycles. The largest absolute Gasteiger partial charge is 0.444 e. The molecule has 0 saturated heterocycles. The number of amides is 3. The van der Waals surface area contributed by atoms with E-state index >= 15 is 0 Å². The van der Waals surface area contributed by atoms with E-state index in [2.05, 4.69) is 10.6 Å². The summed E-state index contributed by atoms with van der Waals surface area (Å²) in [5, 5.41) is 16.9. The van der Waals surface area contributed by atoms with Crippen molar-refractivity contribution in [2.45, 2.75) is 46.3 Å². The predicted molar refractivity (Wildman–Crippen MR) is 143 cm³/mol. The average Bonchev–Trinajstić information content (AvgIpc) is 2.82. The minimum Gasteiger partial charge on any atom is -0.444 e. The van der Waals surface area contributed by atoms with Gasteiger partial charge in [-0.15, -0.1) is 0 Å². The van der Waals surface area contributed by atoms with Crippen LogP contribution in [0.4, 0.5) is 10.5 Å². The molecule has 0 saturated carbocycles. The standard InChI is InChI=1S/C29H32N4O4/c1-19-9-8-10-20(2)25(19)26(27(35)32-23-14-13-21-11-6-7-12-22(21)17-23)33(16-15-30)24(34)18-31-28(36)37-29(3,4)5/h6-14,17,26H,16,18H2,1-5H3,(H,31,36)(H,32,35). The van der Waals surface area contributed by atoms with Crippen LogP contribution < -0.4 is 10.6 Å². The molecule has 0 radical (unpaired) electrons. The van der Waals surface area contributed by atoms with Crippen LogP contribution in [0.2, 0.25) is 0 Å². The minimum absolute atomic E-state index is 0.349. The van der Waals surface area contributed by atoms with E-state index in [-0.39, 0.29) is 6.54 Å². The number of rotatable bonds is 7. The molecular formula is C29H32N4O4. The summed E-state index contributed by atoms with van der Waals surface area (Å²) in [5.74, 6) is -1.05. The van der Waals surface area contributed by atoms with E-state index < -0.39 is 36.1 Å². The van der Waals surface area contributed by atoms with E-state index in [0.29, 0.717) is 11.3 Å². The van der Waals surface area contributed by atoms with Crippen molar-refractivity contribution in [3.63, 3.8) is 0 Å². The van der Waals surface area contributed by atoms with Crippen molar-refractivity contribution in [2.24, 2.45) is 0 Å². The molecule has 3 amide bonds. The molecule has 8 nitrogen and oxygen atoms in total. The highest BCUT2D eigenvalue weighted by molar-refractivity contribution is 6.00. The van der Waals surface area contributed by atoms with Crippen LogP contribution in [-0.2, 0) is 14.3 Å². The van der Waals surface area contributed by atoms with Crippen molar-refractivity contribution in [3.05, 3.63) is 77.4 Å². The second-order valence-electron chi connectivity index (χ2n) is 9.79. The van der Waals surface area contributed by atoms with Crippen LogP contribution in [0.3, 0.4) is 0 Å². The normalized spacial score (nSPS) is 11.8. The Morgan fingerprint density at radius 2 is 1.62 bits per heavy atom. The van der Waals surface area contributed by atoms with Gasteiger partial charge >= 0.3 is 6.09 Å². The van der Waals surface area contributed by atoms with E-state index in [1.807, 2.05) is 74.5 Å². The van der Waals surface area contributed by atoms with Crippen molar-refractivity contribution >= 4 is 34.4 Å². The van der Waals surface area contributed by atoms with Crippen molar-refractivity contribution in [3.8, 4) is 6.07 Å². The maximum atomic E-state index is 13.8. The lowest BCUT2D eigenvalue weighted by molar-refractivity contribution is -0.137. The molecular weight excluding hydrogens is 468 g/mol. The number of nitrogens with one attached hydrogen (secondary N) is 2. The van der Waals surface area contributed by atoms with E-state index in [1.165, 1.54) is 4.90 Å². The Kier molecular flexibility index (Phi) is 8.51. The van der Waals surface area contributed by atoms with Gasteiger partial charge in [0.2, 0.25) is 5.91 Å². The topological polar surface area (TPSA) is 112 Å². The maximum Gasteiger partial charge on any atom is 0.408 e. The molecule has 3 aromatic rings. The van der Waals surface area contributed by atoms with Crippen molar-refractivity contribution < 1.29 is 19.1 Å². The number of benzene rings is 3. The van der Waals surface area contributed by atoms with Gasteiger partial charge < -0.3 is 20.3 Å². The van der Waals surface area contributed by atoms with Crippen LogP contribution in [0.1, 0.15) is 43.5 Å². The van der Waals surface area contributed by atoms with Crippen LogP contribution in [-0.4, -0.2) is 41.5 Å². The molecule has 3 aromatic carbocycles. The second kappa shape index (κ2) is 11.6. The molecule has 0 spiro atoms. The highest BCUT2D eigenvalue weighted by Crippen LogP contribution is 2.29. The quantitative estimate of drug-likeness (QED) is 0.443. The molecule has 37 heavy (non-hydrogen) atoms. The molecule has 0 aliphatic heterocycles. The van der Waals surface area contributed by atoms with E-state index in [9.17, 15) is 19.6 Å². The highest BCUT2D eigenvalue weighted by Gasteiger charge is 2.34. The van der Waals surface area contributed by atoms with Crippen LogP contribution >= 0.6 is 0 Å². The first kappa shape index (κ1) is 27.2. The SMILES string of the molecule is Cc1cccc(C)c1C(C(=O)Nc1ccc2ccccc2c1)N(CC#N)C(=O)CNC(=O)OC(C)(C)C. The fourth-order valence-electron chi connectivity index (χ4n) is 4.13. The second-order valence-corrected chi connectivity index (χ2v) is 9.79. The first-order valence-corrected chi connectivity index (χ1v) is 12.0. The van der Waals surface area contributed by atoms with Gasteiger partial charge in [-0.1, -0.05) is 48.5 Å². The molecule has 0 aliphatic rings. The Labute approximate surface area is 217 Å². The summed E-state index contributed by atoms with van der Waals surface area (Å²) in [6.45, 7) is 8.07. The summed E-state index contributed by atoms with van der Waals surface area (Å²) in [7, 11) is 0. The van der Waals surface area contributed by atoms with Gasteiger partial charge in [-0.05, 0) is 74.2 Å². The number of carbonyl (C=O) groups is 3. The lowest BCUT2D eigenvalue weighted by Crippen LogP contribution is -2.47. The van der Waals surface area contributed by atoms with Gasteiger partial charge in [0.1, 0.15) is 24.7 Å². The first-order chi connectivity index (χ1) is 17.5. The zero-order valence-corrected chi connectivity index (χ0v) is 21.8. The van der Waals surface area contributed by atoms with Gasteiger partial charge in [-0.25, -0.2) is 4.79 Å². The summed E-state index contributed by atoms with van der Waals surface area (Å²) < 4.78 is 5.21. The number of carbonyl (C=O) groups excluding carboxylic acids is 3. The number of aryl methyl sites for hydroxylation is 2. The predicted octanol–water partition coefficient (Wildman–Crippen LogP) is 5.01. The number of anilines is 1. The molecule has 192 valence electrons. The molecule has 0 aromatic heterocycles. The van der Waals surface area contributed by atoms with E-state index in [1.54, 1.807) is 26.8 Å². The molecule has 0 fully saturated rings. The van der Waals surface area contributed by atoms with Gasteiger partial charge in [0.25, 0.3) is 5.91 Å². The summed E-state index contributed by atoms with van der Waals surface area (Å²) >= 11 is 0. The number of fused-ring (bicyclic) bond motifs is 1. The third kappa shape index (κ3) is 7.07. The van der Waals surface area contributed by atoms with Gasteiger partial charge in [-0.3, -0.25) is 9.59 Å². The summed E-state index contributed by atoms with van der Waals surface area (Å²) in [6, 6.07) is 19.8. The highest BCUT2D eigenvalue weighted by atomic mass is 16.6. The maximum absolute atomic E-state index is 13.8. The minimum atomic E-state index is -1.10. The van der Waals surface area contributed by atoms with Crippen molar-refractivity contribution in [1.82, 2.24) is 10.2 Å². The van der Waals surface area contributed by atoms with Crippen LogP contribution in [0.25, 0.3) is 10.8 Å². The van der Waals surface area contributed by atoms with Crippen molar-refractivity contribution in [2.75, 3.05) is 18.4 Å². The van der Waals surface area contributed by atoms with E-state index in [4.69, 9.17) is 4.74 Å². The molecule has 8 heteroatoms. The summed E-state index contributed by atoms with van der Waals surface area (Å²) in [6.07, 6.45) is -0.762. The number of hydrogen-bond acceptors (Lipinski definition) is 5. The third-order valence-corrected chi connectivity index (χ3v) is 5.74. The molecule has 0 aliphatic carbocycles. The van der Waals surface area contributed by atoms with Gasteiger partial charge in [-0.2, -0.15) is 5.26 Å². The summed E-state index contributed by atoms with van der Waals surface area (Å²) in [4.78, 5) is 40.4. The fourth-order valence-corrected chi connectivity index (χ4v) is 4.13. The Morgan fingerprint density at radius 1 is 0.973 bits per heavy atom. The zero-order chi connectivity index (χ0) is 27.2. The van der Waals surface area contributed by atoms with Crippen LogP contribution in [0.5, 0.6) is 0 Å². The number of ether oxygens (including phenoxy) is 1. The smallest absolute Gasteiger partial charge is 0.408 e. The van der Waals surface area contributed by atoms with Crippen LogP contribution in [0.15, 0.2) is 60.7 Å². The summed E-state index contributed by atoms with van der Waals surface area (Å²) in [5.41, 5.74) is 2.06. The molecule has 1 unspecified atom stereocenters. The Balaban J connectivity index is 1.95. The number of hydrogen-bond donors (Lipinski definition) is 2. The first-order valence-electron chi connectivity index (χ1n) is 12.0. The van der Waals surface area contributed by atoms with Gasteiger partial charge in [0.05, 0.1) is 6.07 Å². The monoisotopic (exact) mass is 500 g/mol. The number of nitriles is 1. The molecule has 1 atom stereocenters. The zero-order valence-electron chi connectivity index (χ0n) is 21.8.